The predicted molar refractivity (Wildman–Crippen MR) is 73.7 cm³/mol. The third kappa shape index (κ3) is 11.9. The van der Waals surface area contributed by atoms with Crippen LogP contribution in [0.25, 0.3) is 0 Å². The number of carbonyl (C=O) groups excluding carboxylic acids is 2. The van der Waals surface area contributed by atoms with Crippen molar-refractivity contribution in [2.75, 3.05) is 6.61 Å². The number of hydrogen-bond donors (Lipinski definition) is 0. The maximum Gasteiger partial charge on any atom is 0.391 e. The van der Waals surface area contributed by atoms with E-state index in [-0.39, 0.29) is 0 Å². The van der Waals surface area contributed by atoms with E-state index in [0.717, 1.165) is 12.8 Å². The van der Waals surface area contributed by atoms with E-state index in [2.05, 4.69) is 11.7 Å². The lowest BCUT2D eigenvalue weighted by Crippen LogP contribution is -2.12. The SMILES string of the molecule is CCCCCCCCCCCCOC(=O)C(=O)Cl. The van der Waals surface area contributed by atoms with Crippen LogP contribution < -0.4 is 0 Å². The van der Waals surface area contributed by atoms with Gasteiger partial charge < -0.3 is 4.74 Å². The molecule has 0 atom stereocenters. The molecule has 0 aliphatic heterocycles. The number of carbonyl (C=O) groups is 2. The van der Waals surface area contributed by atoms with Gasteiger partial charge in [0.15, 0.2) is 0 Å². The van der Waals surface area contributed by atoms with Crippen molar-refractivity contribution in [2.24, 2.45) is 0 Å². The van der Waals surface area contributed by atoms with E-state index in [1.54, 1.807) is 0 Å². The van der Waals surface area contributed by atoms with Crippen molar-refractivity contribution >= 4 is 22.8 Å². The van der Waals surface area contributed by atoms with Crippen LogP contribution in [-0.2, 0) is 14.3 Å². The fourth-order valence-corrected chi connectivity index (χ4v) is 1.87. The van der Waals surface area contributed by atoms with Crippen molar-refractivity contribution in [1.29, 1.82) is 0 Å². The number of rotatable bonds is 12. The van der Waals surface area contributed by atoms with Gasteiger partial charge in [-0.05, 0) is 18.0 Å². The Morgan fingerprint density at radius 3 is 1.72 bits per heavy atom. The van der Waals surface area contributed by atoms with E-state index >= 15 is 0 Å². The molecule has 18 heavy (non-hydrogen) atoms. The van der Waals surface area contributed by atoms with Crippen LogP contribution in [0.15, 0.2) is 0 Å². The van der Waals surface area contributed by atoms with E-state index in [1.807, 2.05) is 0 Å². The van der Waals surface area contributed by atoms with E-state index in [0.29, 0.717) is 6.61 Å². The molecule has 0 fully saturated rings. The highest BCUT2D eigenvalue weighted by Crippen LogP contribution is 2.10. The van der Waals surface area contributed by atoms with Gasteiger partial charge in [0.2, 0.25) is 0 Å². The first-order valence-corrected chi connectivity index (χ1v) is 7.43. The van der Waals surface area contributed by atoms with Crippen molar-refractivity contribution in [1.82, 2.24) is 0 Å². The molecule has 0 N–H and O–H groups in total. The molecule has 0 saturated carbocycles. The van der Waals surface area contributed by atoms with E-state index in [4.69, 9.17) is 11.6 Å². The highest BCUT2D eigenvalue weighted by Gasteiger charge is 2.10. The second kappa shape index (κ2) is 12.9. The fraction of sp³-hybridized carbons (Fsp3) is 0.857. The summed E-state index contributed by atoms with van der Waals surface area (Å²) >= 11 is 4.95. The second-order valence-electron chi connectivity index (χ2n) is 4.59. The molecular formula is C14H25ClO3. The molecule has 0 bridgehead atoms. The normalized spacial score (nSPS) is 10.3. The summed E-state index contributed by atoms with van der Waals surface area (Å²) in [6.07, 6.45) is 12.2. The zero-order valence-electron chi connectivity index (χ0n) is 11.4. The molecule has 0 rings (SSSR count). The van der Waals surface area contributed by atoms with Crippen molar-refractivity contribution < 1.29 is 14.3 Å². The average Bonchev–Trinajstić information content (AvgIpc) is 2.35. The van der Waals surface area contributed by atoms with Crippen LogP contribution >= 0.6 is 11.6 Å². The first-order valence-electron chi connectivity index (χ1n) is 7.05. The van der Waals surface area contributed by atoms with Crippen LogP contribution in [0.5, 0.6) is 0 Å². The van der Waals surface area contributed by atoms with Gasteiger partial charge >= 0.3 is 11.2 Å². The Hall–Kier alpha value is -0.570. The van der Waals surface area contributed by atoms with Crippen molar-refractivity contribution in [2.45, 2.75) is 71.1 Å². The van der Waals surface area contributed by atoms with Gasteiger partial charge in [-0.3, -0.25) is 4.79 Å². The third-order valence-electron chi connectivity index (χ3n) is 2.89. The van der Waals surface area contributed by atoms with Crippen LogP contribution in [0.1, 0.15) is 71.1 Å². The minimum atomic E-state index is -1.04. The highest BCUT2D eigenvalue weighted by atomic mass is 35.5. The monoisotopic (exact) mass is 276 g/mol. The highest BCUT2D eigenvalue weighted by molar-refractivity contribution is 6.80. The van der Waals surface area contributed by atoms with Crippen LogP contribution in [0.4, 0.5) is 0 Å². The Labute approximate surface area is 115 Å². The Morgan fingerprint density at radius 1 is 0.833 bits per heavy atom. The largest absolute Gasteiger partial charge is 0.459 e. The molecule has 0 heterocycles. The second-order valence-corrected chi connectivity index (χ2v) is 4.93. The number of unbranched alkanes of at least 4 members (excludes halogenated alkanes) is 9. The lowest BCUT2D eigenvalue weighted by atomic mass is 10.1. The van der Waals surface area contributed by atoms with E-state index in [9.17, 15) is 9.59 Å². The van der Waals surface area contributed by atoms with Crippen LogP contribution in [0.2, 0.25) is 0 Å². The Morgan fingerprint density at radius 2 is 1.28 bits per heavy atom. The molecule has 0 saturated heterocycles. The topological polar surface area (TPSA) is 43.4 Å². The van der Waals surface area contributed by atoms with E-state index in [1.165, 1.54) is 51.4 Å². The molecule has 106 valence electrons. The lowest BCUT2D eigenvalue weighted by molar-refractivity contribution is -0.150. The zero-order chi connectivity index (χ0) is 13.6. The molecule has 3 nitrogen and oxygen atoms in total. The third-order valence-corrected chi connectivity index (χ3v) is 3.05. The Balaban J connectivity index is 3.07. The first kappa shape index (κ1) is 17.4. The molecule has 0 unspecified atom stereocenters. The Kier molecular flexibility index (Phi) is 12.5. The lowest BCUT2D eigenvalue weighted by Gasteiger charge is -2.03. The van der Waals surface area contributed by atoms with Crippen molar-refractivity contribution in [3.05, 3.63) is 0 Å². The summed E-state index contributed by atoms with van der Waals surface area (Å²) in [5.41, 5.74) is 0. The van der Waals surface area contributed by atoms with Crippen molar-refractivity contribution in [3.63, 3.8) is 0 Å². The summed E-state index contributed by atoms with van der Waals surface area (Å²) in [5.74, 6) is -0.937. The summed E-state index contributed by atoms with van der Waals surface area (Å²) in [4.78, 5) is 21.0. The maximum absolute atomic E-state index is 10.7. The molecule has 0 aromatic heterocycles. The summed E-state index contributed by atoms with van der Waals surface area (Å²) in [7, 11) is 0. The first-order chi connectivity index (χ1) is 8.68. The van der Waals surface area contributed by atoms with Gasteiger partial charge in [0.05, 0.1) is 6.61 Å². The summed E-state index contributed by atoms with van der Waals surface area (Å²) in [5, 5.41) is -1.04. The Bertz CT molecular complexity index is 229. The number of halogens is 1. The fourth-order valence-electron chi connectivity index (χ4n) is 1.81. The van der Waals surface area contributed by atoms with E-state index < -0.39 is 11.2 Å². The van der Waals surface area contributed by atoms with Gasteiger partial charge in [0.1, 0.15) is 0 Å². The smallest absolute Gasteiger partial charge is 0.391 e. The van der Waals surface area contributed by atoms with Crippen LogP contribution in [0, 0.1) is 0 Å². The molecule has 0 aromatic rings. The van der Waals surface area contributed by atoms with Crippen molar-refractivity contribution in [3.8, 4) is 0 Å². The number of ether oxygens (including phenoxy) is 1. The molecule has 0 aliphatic carbocycles. The van der Waals surface area contributed by atoms with Gasteiger partial charge in [-0.25, -0.2) is 4.79 Å². The maximum atomic E-state index is 10.7. The standard InChI is InChI=1S/C14H25ClO3/c1-2-3-4-5-6-7-8-9-10-11-12-18-14(17)13(15)16/h2-12H2,1H3. The molecule has 4 heteroatoms. The summed E-state index contributed by atoms with van der Waals surface area (Å²) in [6.45, 7) is 2.53. The van der Waals surface area contributed by atoms with Gasteiger partial charge in [0.25, 0.3) is 0 Å². The summed E-state index contributed by atoms with van der Waals surface area (Å²) < 4.78 is 4.66. The van der Waals surface area contributed by atoms with Gasteiger partial charge in [0, 0.05) is 0 Å². The molecule has 0 amide bonds. The average molecular weight is 277 g/mol. The summed E-state index contributed by atoms with van der Waals surface area (Å²) in [6, 6.07) is 0. The van der Waals surface area contributed by atoms with Gasteiger partial charge in [-0.1, -0.05) is 64.7 Å². The molecule has 0 aromatic carbocycles. The van der Waals surface area contributed by atoms with Crippen LogP contribution in [0.3, 0.4) is 0 Å². The molecule has 0 radical (unpaired) electrons. The minimum absolute atomic E-state index is 0.299. The number of hydrogen-bond acceptors (Lipinski definition) is 3. The van der Waals surface area contributed by atoms with Crippen LogP contribution in [-0.4, -0.2) is 17.8 Å². The van der Waals surface area contributed by atoms with Gasteiger partial charge in [-0.15, -0.1) is 0 Å². The minimum Gasteiger partial charge on any atom is -0.459 e. The predicted octanol–water partition coefficient (Wildman–Crippen LogP) is 4.22. The zero-order valence-corrected chi connectivity index (χ0v) is 12.1. The quantitative estimate of drug-likeness (QED) is 0.232. The number of esters is 1. The molecule has 0 aliphatic rings. The molecular weight excluding hydrogens is 252 g/mol. The van der Waals surface area contributed by atoms with Gasteiger partial charge in [-0.2, -0.15) is 0 Å². The molecule has 0 spiro atoms.